The lowest BCUT2D eigenvalue weighted by Crippen LogP contribution is -2.15. The first kappa shape index (κ1) is 13.7. The number of carbonyl (C=O) groups excluding carboxylic acids is 2. The minimum Gasteiger partial charge on any atom is -0.440 e. The first-order chi connectivity index (χ1) is 9.61. The number of aromatic nitrogens is 3. The molecule has 7 heteroatoms. The minimum absolute atomic E-state index is 0.0346. The molecule has 7 nitrogen and oxygen atoms in total. The summed E-state index contributed by atoms with van der Waals surface area (Å²) in [5, 5.41) is 4.20. The van der Waals surface area contributed by atoms with Crippen molar-refractivity contribution in [3.63, 3.8) is 0 Å². The molecule has 0 amide bonds. The van der Waals surface area contributed by atoms with Crippen LogP contribution in [0.5, 0.6) is 6.01 Å². The summed E-state index contributed by atoms with van der Waals surface area (Å²) in [7, 11) is 0. The van der Waals surface area contributed by atoms with Gasteiger partial charge < -0.3 is 9.47 Å². The van der Waals surface area contributed by atoms with Crippen molar-refractivity contribution >= 4 is 12.4 Å². The summed E-state index contributed by atoms with van der Waals surface area (Å²) in [6.45, 7) is 3.13. The summed E-state index contributed by atoms with van der Waals surface area (Å²) >= 11 is 0. The van der Waals surface area contributed by atoms with Crippen molar-refractivity contribution in [1.29, 1.82) is 0 Å². The number of hydrogen-bond donors (Lipinski definition) is 0. The van der Waals surface area contributed by atoms with Gasteiger partial charge >= 0.3 is 18.5 Å². The third-order valence-corrected chi connectivity index (χ3v) is 2.47. The summed E-state index contributed by atoms with van der Waals surface area (Å²) in [5.41, 5.74) is 0.761. The van der Waals surface area contributed by atoms with E-state index in [-0.39, 0.29) is 12.5 Å². The van der Waals surface area contributed by atoms with Crippen LogP contribution < -0.4 is 4.74 Å². The fourth-order valence-corrected chi connectivity index (χ4v) is 1.67. The Morgan fingerprint density at radius 1 is 1.35 bits per heavy atom. The molecule has 1 unspecified atom stereocenters. The zero-order valence-electron chi connectivity index (χ0n) is 11.0. The molecule has 0 bridgehead atoms. The van der Waals surface area contributed by atoms with E-state index in [1.807, 2.05) is 30.3 Å². The van der Waals surface area contributed by atoms with Gasteiger partial charge in [0.2, 0.25) is 0 Å². The van der Waals surface area contributed by atoms with Crippen molar-refractivity contribution in [2.45, 2.75) is 20.1 Å². The molecule has 104 valence electrons. The zero-order chi connectivity index (χ0) is 14.5. The second-order valence-electron chi connectivity index (χ2n) is 3.95. The molecule has 0 N–H and O–H groups in total. The molecule has 0 saturated carbocycles. The predicted molar refractivity (Wildman–Crippen MR) is 68.6 cm³/mol. The molecule has 1 atom stereocenters. The molecule has 0 saturated heterocycles. The van der Waals surface area contributed by atoms with Crippen LogP contribution in [0.2, 0.25) is 0 Å². The van der Waals surface area contributed by atoms with Crippen LogP contribution in [-0.4, -0.2) is 27.2 Å². The summed E-state index contributed by atoms with van der Waals surface area (Å²) in [5.74, 6) is -0.0900. The van der Waals surface area contributed by atoms with E-state index in [0.29, 0.717) is 5.82 Å². The molecule has 1 aromatic carbocycles. The monoisotopic (exact) mass is 275 g/mol. The normalized spacial score (nSPS) is 11.7. The maximum absolute atomic E-state index is 11.0. The fraction of sp³-hybridized carbons (Fsp3) is 0.231. The topological polar surface area (TPSA) is 83.3 Å². The quantitative estimate of drug-likeness (QED) is 0.608. The molecule has 2 aromatic rings. The third kappa shape index (κ3) is 3.00. The van der Waals surface area contributed by atoms with Gasteiger partial charge in [-0.05, 0) is 6.92 Å². The highest BCUT2D eigenvalue weighted by atomic mass is 16.6. The number of carbonyl (C=O) groups is 2. The highest BCUT2D eigenvalue weighted by Gasteiger charge is 2.19. The molecule has 2 rings (SSSR count). The summed E-state index contributed by atoms with van der Waals surface area (Å²) in [6.07, 6.45) is -0.729. The SMILES string of the molecule is CC(=O)OC(C)n1nc(-c2ccccc2)nc1OC=O. The van der Waals surface area contributed by atoms with Gasteiger partial charge in [0.05, 0.1) is 0 Å². The number of hydrogen-bond acceptors (Lipinski definition) is 6. The smallest absolute Gasteiger partial charge is 0.326 e. The Kier molecular flexibility index (Phi) is 4.09. The van der Waals surface area contributed by atoms with Gasteiger partial charge in [0.25, 0.3) is 0 Å². The van der Waals surface area contributed by atoms with Gasteiger partial charge in [0, 0.05) is 12.5 Å². The number of rotatable bonds is 5. The molecular weight excluding hydrogens is 262 g/mol. The Balaban J connectivity index is 2.37. The van der Waals surface area contributed by atoms with Crippen molar-refractivity contribution in [3.8, 4) is 17.4 Å². The Labute approximate surface area is 115 Å². The van der Waals surface area contributed by atoms with Gasteiger partial charge in [0.15, 0.2) is 12.1 Å². The van der Waals surface area contributed by atoms with Gasteiger partial charge in [-0.15, -0.1) is 5.10 Å². The van der Waals surface area contributed by atoms with Crippen LogP contribution in [0.3, 0.4) is 0 Å². The van der Waals surface area contributed by atoms with E-state index >= 15 is 0 Å². The number of benzene rings is 1. The maximum atomic E-state index is 11.0. The Morgan fingerprint density at radius 3 is 2.65 bits per heavy atom. The lowest BCUT2D eigenvalue weighted by molar-refractivity contribution is -0.150. The first-order valence-electron chi connectivity index (χ1n) is 5.91. The van der Waals surface area contributed by atoms with Gasteiger partial charge in [-0.25, -0.2) is 0 Å². The van der Waals surface area contributed by atoms with Crippen molar-refractivity contribution < 1.29 is 19.1 Å². The first-order valence-corrected chi connectivity index (χ1v) is 5.91. The highest BCUT2D eigenvalue weighted by Crippen LogP contribution is 2.22. The Bertz CT molecular complexity index is 609. The van der Waals surface area contributed by atoms with Crippen LogP contribution in [0, 0.1) is 0 Å². The molecule has 1 heterocycles. The molecule has 20 heavy (non-hydrogen) atoms. The predicted octanol–water partition coefficient (Wildman–Crippen LogP) is 1.56. The second kappa shape index (κ2) is 5.96. The second-order valence-corrected chi connectivity index (χ2v) is 3.95. The Morgan fingerprint density at radius 2 is 2.05 bits per heavy atom. The van der Waals surface area contributed by atoms with Crippen LogP contribution >= 0.6 is 0 Å². The van der Waals surface area contributed by atoms with Crippen molar-refractivity contribution in [2.75, 3.05) is 0 Å². The molecule has 0 spiro atoms. The minimum atomic E-state index is -0.729. The van der Waals surface area contributed by atoms with Gasteiger partial charge in [-0.3, -0.25) is 9.59 Å². The molecule has 0 aliphatic heterocycles. The largest absolute Gasteiger partial charge is 0.440 e. The fourth-order valence-electron chi connectivity index (χ4n) is 1.67. The van der Waals surface area contributed by atoms with Crippen LogP contribution in [0.15, 0.2) is 30.3 Å². The van der Waals surface area contributed by atoms with E-state index in [9.17, 15) is 9.59 Å². The van der Waals surface area contributed by atoms with Gasteiger partial charge in [-0.1, -0.05) is 30.3 Å². The van der Waals surface area contributed by atoms with E-state index in [1.165, 1.54) is 11.6 Å². The molecule has 0 aliphatic carbocycles. The number of esters is 1. The van der Waals surface area contributed by atoms with E-state index in [4.69, 9.17) is 9.47 Å². The van der Waals surface area contributed by atoms with Crippen LogP contribution in [0.25, 0.3) is 11.4 Å². The van der Waals surface area contributed by atoms with Crippen molar-refractivity contribution in [3.05, 3.63) is 30.3 Å². The molecular formula is C13H13N3O4. The Hall–Kier alpha value is -2.70. The zero-order valence-corrected chi connectivity index (χ0v) is 11.0. The molecule has 0 radical (unpaired) electrons. The summed E-state index contributed by atoms with van der Waals surface area (Å²) < 4.78 is 11.0. The van der Waals surface area contributed by atoms with Gasteiger partial charge in [-0.2, -0.15) is 9.67 Å². The summed E-state index contributed by atoms with van der Waals surface area (Å²) in [4.78, 5) is 25.6. The maximum Gasteiger partial charge on any atom is 0.326 e. The number of nitrogens with zero attached hydrogens (tertiary/aromatic N) is 3. The van der Waals surface area contributed by atoms with Crippen LogP contribution in [0.4, 0.5) is 0 Å². The van der Waals surface area contributed by atoms with E-state index < -0.39 is 12.2 Å². The standard InChI is InChI=1S/C13H13N3O4/c1-9(20-10(2)18)16-13(19-8-17)14-12(15-16)11-6-4-3-5-7-11/h3-9H,1-2H3. The average Bonchev–Trinajstić information content (AvgIpc) is 2.83. The van der Waals surface area contributed by atoms with E-state index in [0.717, 1.165) is 5.56 Å². The summed E-state index contributed by atoms with van der Waals surface area (Å²) in [6, 6.07) is 9.15. The van der Waals surface area contributed by atoms with E-state index in [1.54, 1.807) is 6.92 Å². The lowest BCUT2D eigenvalue weighted by atomic mass is 10.2. The third-order valence-electron chi connectivity index (χ3n) is 2.47. The molecule has 0 aliphatic rings. The average molecular weight is 275 g/mol. The lowest BCUT2D eigenvalue weighted by Gasteiger charge is -2.12. The molecule has 0 fully saturated rings. The van der Waals surface area contributed by atoms with Gasteiger partial charge in [0.1, 0.15) is 0 Å². The highest BCUT2D eigenvalue weighted by molar-refractivity contribution is 5.66. The van der Waals surface area contributed by atoms with Crippen LogP contribution in [-0.2, 0) is 14.3 Å². The van der Waals surface area contributed by atoms with Crippen molar-refractivity contribution in [2.24, 2.45) is 0 Å². The molecule has 1 aromatic heterocycles. The van der Waals surface area contributed by atoms with E-state index in [2.05, 4.69) is 10.1 Å². The number of ether oxygens (including phenoxy) is 2. The van der Waals surface area contributed by atoms with Crippen LogP contribution in [0.1, 0.15) is 20.1 Å². The van der Waals surface area contributed by atoms with Crippen molar-refractivity contribution in [1.82, 2.24) is 14.8 Å².